The van der Waals surface area contributed by atoms with Crippen LogP contribution in [-0.2, 0) is 4.74 Å². The lowest BCUT2D eigenvalue weighted by molar-refractivity contribution is -0.0489. The first-order chi connectivity index (χ1) is 5.19. The van der Waals surface area contributed by atoms with Crippen molar-refractivity contribution >= 4 is 7.85 Å². The van der Waals surface area contributed by atoms with Crippen molar-refractivity contribution in [3.05, 3.63) is 0 Å². The third kappa shape index (κ3) is 0.822. The Kier molecular flexibility index (Phi) is 1.57. The van der Waals surface area contributed by atoms with Gasteiger partial charge >= 0.3 is 0 Å². The zero-order chi connectivity index (χ0) is 8.06. The molecule has 1 unspecified atom stereocenters. The van der Waals surface area contributed by atoms with Crippen molar-refractivity contribution in [2.24, 2.45) is 11.8 Å². The van der Waals surface area contributed by atoms with Crippen LogP contribution >= 0.6 is 0 Å². The van der Waals surface area contributed by atoms with Gasteiger partial charge in [-0.25, -0.2) is 0 Å². The summed E-state index contributed by atoms with van der Waals surface area (Å²) >= 11 is 0. The second-order valence-corrected chi connectivity index (χ2v) is 4.23. The van der Waals surface area contributed by atoms with Crippen molar-refractivity contribution in [2.45, 2.75) is 44.7 Å². The van der Waals surface area contributed by atoms with Crippen LogP contribution < -0.4 is 0 Å². The molecule has 2 aliphatic rings. The maximum Gasteiger partial charge on any atom is 0.139 e. The topological polar surface area (TPSA) is 9.23 Å². The lowest BCUT2D eigenvalue weighted by atomic mass is 9.81. The Balaban J connectivity index is 2.24. The molecule has 1 nitrogen and oxygen atoms in total. The first kappa shape index (κ1) is 7.66. The van der Waals surface area contributed by atoms with Gasteiger partial charge in [0.15, 0.2) is 0 Å². The van der Waals surface area contributed by atoms with E-state index in [1.165, 1.54) is 19.3 Å². The number of fused-ring (bicyclic) bond motifs is 2. The molecule has 1 heterocycles. The Labute approximate surface area is 69.9 Å². The van der Waals surface area contributed by atoms with Gasteiger partial charge in [0.1, 0.15) is 7.85 Å². The first-order valence-electron chi connectivity index (χ1n) is 4.87. The molecule has 4 atom stereocenters. The lowest BCUT2D eigenvalue weighted by Gasteiger charge is -2.30. The largest absolute Gasteiger partial charge is 0.380 e. The van der Waals surface area contributed by atoms with Gasteiger partial charge in [-0.1, -0.05) is 13.8 Å². The van der Waals surface area contributed by atoms with Crippen molar-refractivity contribution in [3.63, 3.8) is 0 Å². The first-order valence-corrected chi connectivity index (χ1v) is 4.87. The van der Waals surface area contributed by atoms with E-state index >= 15 is 0 Å². The maximum absolute atomic E-state index is 6.01. The predicted molar refractivity (Wildman–Crippen MR) is 48.3 cm³/mol. The zero-order valence-corrected chi connectivity index (χ0v) is 7.76. The molecule has 1 saturated carbocycles. The van der Waals surface area contributed by atoms with Crippen LogP contribution in [-0.4, -0.2) is 19.5 Å². The van der Waals surface area contributed by atoms with E-state index in [0.29, 0.717) is 6.00 Å². The fraction of sp³-hybridized carbons (Fsp3) is 1.00. The quantitative estimate of drug-likeness (QED) is 0.512. The molecule has 1 aliphatic heterocycles. The molecule has 0 spiro atoms. The Bertz CT molecular complexity index is 171. The third-order valence-corrected chi connectivity index (χ3v) is 3.99. The molecule has 0 N–H and O–H groups in total. The summed E-state index contributed by atoms with van der Waals surface area (Å²) in [7, 11) is 2.23. The minimum Gasteiger partial charge on any atom is -0.380 e. The standard InChI is InChI=1S/C9H17BO/c1-3-9-5-4-7(6(9)2)8(10)11-9/h6-8H,3-5,10H2,1-2H3/t6?,7-,8+,9-/m0/s1. The zero-order valence-electron chi connectivity index (χ0n) is 7.76. The molecule has 11 heavy (non-hydrogen) atoms. The van der Waals surface area contributed by atoms with Gasteiger partial charge in [-0.3, -0.25) is 0 Å². The van der Waals surface area contributed by atoms with Crippen LogP contribution in [0.4, 0.5) is 0 Å². The number of ether oxygens (including phenoxy) is 1. The molecule has 1 saturated heterocycles. The Morgan fingerprint density at radius 3 is 2.64 bits per heavy atom. The van der Waals surface area contributed by atoms with Gasteiger partial charge in [-0.2, -0.15) is 0 Å². The van der Waals surface area contributed by atoms with Crippen LogP contribution in [0.15, 0.2) is 0 Å². The van der Waals surface area contributed by atoms with E-state index < -0.39 is 0 Å². The number of hydrogen-bond donors (Lipinski definition) is 0. The molecule has 2 bridgehead atoms. The van der Waals surface area contributed by atoms with Gasteiger partial charge in [0.05, 0.1) is 5.60 Å². The fourth-order valence-corrected chi connectivity index (χ4v) is 3.13. The summed E-state index contributed by atoms with van der Waals surface area (Å²) in [4.78, 5) is 0. The summed E-state index contributed by atoms with van der Waals surface area (Å²) in [5.41, 5.74) is 0.282. The van der Waals surface area contributed by atoms with Crippen LogP contribution in [0.5, 0.6) is 0 Å². The molecule has 2 rings (SSSR count). The van der Waals surface area contributed by atoms with E-state index in [0.717, 1.165) is 11.8 Å². The van der Waals surface area contributed by atoms with Crippen LogP contribution in [0.3, 0.4) is 0 Å². The highest BCUT2D eigenvalue weighted by Crippen LogP contribution is 2.53. The summed E-state index contributed by atoms with van der Waals surface area (Å²) in [5.74, 6) is 1.66. The predicted octanol–water partition coefficient (Wildman–Crippen LogP) is 1.17. The van der Waals surface area contributed by atoms with Crippen molar-refractivity contribution in [1.29, 1.82) is 0 Å². The van der Waals surface area contributed by atoms with Crippen molar-refractivity contribution < 1.29 is 4.74 Å². The molecule has 1 aliphatic carbocycles. The molecular weight excluding hydrogens is 135 g/mol. The highest BCUT2D eigenvalue weighted by molar-refractivity contribution is 6.11. The summed E-state index contributed by atoms with van der Waals surface area (Å²) in [5, 5.41) is 0. The van der Waals surface area contributed by atoms with Crippen molar-refractivity contribution in [2.75, 3.05) is 0 Å². The number of hydrogen-bond acceptors (Lipinski definition) is 1. The molecule has 62 valence electrons. The normalized spacial score (nSPS) is 55.3. The third-order valence-electron chi connectivity index (χ3n) is 3.99. The lowest BCUT2D eigenvalue weighted by Crippen LogP contribution is -2.32. The van der Waals surface area contributed by atoms with Crippen LogP contribution in [0.2, 0.25) is 0 Å². The Morgan fingerprint density at radius 1 is 1.64 bits per heavy atom. The van der Waals surface area contributed by atoms with E-state index in [-0.39, 0.29) is 5.60 Å². The number of rotatable bonds is 1. The Hall–Kier alpha value is 0.0249. The Morgan fingerprint density at radius 2 is 2.36 bits per heavy atom. The van der Waals surface area contributed by atoms with Crippen LogP contribution in [0, 0.1) is 11.8 Å². The molecule has 0 aromatic heterocycles. The molecule has 0 radical (unpaired) electrons. The van der Waals surface area contributed by atoms with Gasteiger partial charge in [-0.05, 0) is 31.1 Å². The van der Waals surface area contributed by atoms with E-state index in [4.69, 9.17) is 4.74 Å². The maximum atomic E-state index is 6.01. The monoisotopic (exact) mass is 152 g/mol. The van der Waals surface area contributed by atoms with Crippen LogP contribution in [0.25, 0.3) is 0 Å². The summed E-state index contributed by atoms with van der Waals surface area (Å²) in [6, 6.07) is 0.527. The molecule has 0 aromatic carbocycles. The summed E-state index contributed by atoms with van der Waals surface area (Å²) < 4.78 is 6.01. The van der Waals surface area contributed by atoms with E-state index in [1.54, 1.807) is 0 Å². The van der Waals surface area contributed by atoms with Crippen molar-refractivity contribution in [1.82, 2.24) is 0 Å². The van der Waals surface area contributed by atoms with Gasteiger partial charge in [0.25, 0.3) is 0 Å². The molecule has 2 fully saturated rings. The molecule has 0 aromatic rings. The van der Waals surface area contributed by atoms with Gasteiger partial charge in [-0.15, -0.1) is 0 Å². The van der Waals surface area contributed by atoms with Gasteiger partial charge < -0.3 is 4.74 Å². The molecule has 0 amide bonds. The average Bonchev–Trinajstić information content (AvgIpc) is 2.42. The van der Waals surface area contributed by atoms with Gasteiger partial charge in [0, 0.05) is 6.00 Å². The van der Waals surface area contributed by atoms with Crippen LogP contribution in [0.1, 0.15) is 33.1 Å². The second kappa shape index (κ2) is 2.26. The van der Waals surface area contributed by atoms with E-state index in [2.05, 4.69) is 21.7 Å². The fourth-order valence-electron chi connectivity index (χ4n) is 3.13. The average molecular weight is 152 g/mol. The van der Waals surface area contributed by atoms with E-state index in [1.807, 2.05) is 0 Å². The minimum absolute atomic E-state index is 0.282. The molecule has 2 heteroatoms. The highest BCUT2D eigenvalue weighted by Gasteiger charge is 2.54. The summed E-state index contributed by atoms with van der Waals surface area (Å²) in [6.07, 6.45) is 3.91. The summed E-state index contributed by atoms with van der Waals surface area (Å²) in [6.45, 7) is 4.63. The second-order valence-electron chi connectivity index (χ2n) is 4.23. The minimum atomic E-state index is 0.282. The molecular formula is C9H17BO. The highest BCUT2D eigenvalue weighted by atomic mass is 16.5. The SMILES string of the molecule is B[C@@H]1O[C@@]2(CC)CC[C@H]1C2C. The van der Waals surface area contributed by atoms with Gasteiger partial charge in [0.2, 0.25) is 0 Å². The van der Waals surface area contributed by atoms with Crippen molar-refractivity contribution in [3.8, 4) is 0 Å². The smallest absolute Gasteiger partial charge is 0.139 e. The van der Waals surface area contributed by atoms with E-state index in [9.17, 15) is 0 Å².